The van der Waals surface area contributed by atoms with Gasteiger partial charge in [0.25, 0.3) is 0 Å². The first-order chi connectivity index (χ1) is 10.2. The lowest BCUT2D eigenvalue weighted by atomic mass is 9.95. The third-order valence-electron chi connectivity index (χ3n) is 3.75. The van der Waals surface area contributed by atoms with Crippen molar-refractivity contribution in [2.45, 2.75) is 50.8 Å². The molecule has 2 fully saturated rings. The molecule has 1 amide bonds. The third-order valence-corrected chi connectivity index (χ3v) is 4.69. The molecule has 0 aromatic heterocycles. The van der Waals surface area contributed by atoms with Gasteiger partial charge in [-0.3, -0.25) is 10.1 Å². The Hall–Kier alpha value is -1.28. The Morgan fingerprint density at radius 1 is 1.36 bits per heavy atom. The summed E-state index contributed by atoms with van der Waals surface area (Å²) < 4.78 is 5.29. The average molecular weight is 330 g/mol. The fourth-order valence-electron chi connectivity index (χ4n) is 2.74. The van der Waals surface area contributed by atoms with Crippen LogP contribution in [0.1, 0.15) is 33.6 Å². The van der Waals surface area contributed by atoms with Gasteiger partial charge in [0, 0.05) is 18.2 Å². The fraction of sp³-hybridized carbons (Fsp3) is 0.786. The van der Waals surface area contributed by atoms with Crippen LogP contribution in [0.25, 0.3) is 0 Å². The molecule has 2 heterocycles. The number of carbonyl (C=O) groups excluding carboxylic acids is 2. The highest BCUT2D eigenvalue weighted by Gasteiger charge is 2.59. The van der Waals surface area contributed by atoms with Crippen molar-refractivity contribution in [2.24, 2.45) is 0 Å². The van der Waals surface area contributed by atoms with Crippen LogP contribution in [0.5, 0.6) is 0 Å². The topological polar surface area (TPSA) is 95.9 Å². The number of nitrogens with zero attached hydrogens (tertiary/aromatic N) is 1. The number of amides is 1. The van der Waals surface area contributed by atoms with Gasteiger partial charge in [-0.25, -0.2) is 9.59 Å². The normalized spacial score (nSPS) is 28.7. The fourth-order valence-corrected chi connectivity index (χ4v) is 3.68. The third kappa shape index (κ3) is 3.08. The quantitative estimate of drug-likeness (QED) is 0.572. The Balaban J connectivity index is 2.29. The van der Waals surface area contributed by atoms with E-state index in [9.17, 15) is 19.5 Å². The van der Waals surface area contributed by atoms with Crippen molar-refractivity contribution in [3.05, 3.63) is 0 Å². The predicted molar refractivity (Wildman–Crippen MR) is 81.4 cm³/mol. The summed E-state index contributed by atoms with van der Waals surface area (Å²) in [7, 11) is 0. The average Bonchev–Trinajstić information content (AvgIpc) is 3.06. The molecule has 22 heavy (non-hydrogen) atoms. The number of nitrogens with one attached hydrogen (secondary N) is 1. The van der Waals surface area contributed by atoms with Crippen LogP contribution >= 0.6 is 11.8 Å². The molecule has 7 nitrogen and oxygen atoms in total. The zero-order valence-electron chi connectivity index (χ0n) is 13.0. The number of hydrogen-bond acceptors (Lipinski definition) is 6. The van der Waals surface area contributed by atoms with E-state index in [0.29, 0.717) is 18.1 Å². The number of hydrogen-bond donors (Lipinski definition) is 2. The predicted octanol–water partition coefficient (Wildman–Crippen LogP) is 0.436. The number of aliphatic carboxylic acids is 1. The summed E-state index contributed by atoms with van der Waals surface area (Å²) in [6.07, 6.45) is 0.556. The molecule has 2 aliphatic rings. The van der Waals surface area contributed by atoms with E-state index in [1.165, 1.54) is 4.90 Å². The number of carbonyl (C=O) groups is 3. The maximum Gasteiger partial charge on any atom is 0.344 e. The number of carboxylic acid groups (broad SMARTS) is 1. The van der Waals surface area contributed by atoms with Gasteiger partial charge in [-0.15, -0.1) is 11.8 Å². The summed E-state index contributed by atoms with van der Waals surface area (Å²) in [6.45, 7) is 5.29. The molecule has 0 spiro atoms. The number of rotatable bonds is 3. The Morgan fingerprint density at radius 2 is 2.05 bits per heavy atom. The van der Waals surface area contributed by atoms with Gasteiger partial charge in [-0.2, -0.15) is 0 Å². The van der Waals surface area contributed by atoms with Crippen LogP contribution in [-0.2, 0) is 19.1 Å². The van der Waals surface area contributed by atoms with Crippen LogP contribution in [-0.4, -0.2) is 63.2 Å². The standard InChI is InChI=1S/C14H22N2O5S/c1-13(2,3)21-12(20)14(11(18)19)5-4-6-16(14)10(17)9-7-22-8-15-9/h9,15H,4-8H2,1-3H3,(H,18,19)/t9?,14-/m0/s1. The Kier molecular flexibility index (Phi) is 4.72. The van der Waals surface area contributed by atoms with Crippen molar-refractivity contribution < 1.29 is 24.2 Å². The van der Waals surface area contributed by atoms with Crippen LogP contribution in [0.2, 0.25) is 0 Å². The summed E-state index contributed by atoms with van der Waals surface area (Å²) in [5.41, 5.74) is -2.71. The SMILES string of the molecule is CC(C)(C)OC(=O)[C@@]1(C(=O)O)CCCN1C(=O)C1CSCN1. The first-order valence-electron chi connectivity index (χ1n) is 7.28. The number of esters is 1. The monoisotopic (exact) mass is 330 g/mol. The van der Waals surface area contributed by atoms with Crippen LogP contribution < -0.4 is 5.32 Å². The Labute approximate surface area is 133 Å². The van der Waals surface area contributed by atoms with Crippen molar-refractivity contribution in [1.29, 1.82) is 0 Å². The van der Waals surface area contributed by atoms with Gasteiger partial charge >= 0.3 is 11.9 Å². The molecule has 1 unspecified atom stereocenters. The Bertz CT molecular complexity index is 484. The molecule has 2 atom stereocenters. The summed E-state index contributed by atoms with van der Waals surface area (Å²) in [5, 5.41) is 12.7. The maximum atomic E-state index is 12.6. The lowest BCUT2D eigenvalue weighted by Crippen LogP contribution is -2.62. The second kappa shape index (κ2) is 6.08. The van der Waals surface area contributed by atoms with Gasteiger partial charge < -0.3 is 14.7 Å². The number of thioether (sulfide) groups is 1. The second-order valence-electron chi connectivity index (χ2n) is 6.53. The van der Waals surface area contributed by atoms with Gasteiger partial charge in [0.2, 0.25) is 11.4 Å². The van der Waals surface area contributed by atoms with E-state index in [4.69, 9.17) is 4.74 Å². The maximum absolute atomic E-state index is 12.6. The van der Waals surface area contributed by atoms with Crippen LogP contribution in [0.15, 0.2) is 0 Å². The van der Waals surface area contributed by atoms with Crippen LogP contribution in [0.3, 0.4) is 0 Å². The smallest absolute Gasteiger partial charge is 0.344 e. The Morgan fingerprint density at radius 3 is 2.55 bits per heavy atom. The van der Waals surface area contributed by atoms with Gasteiger partial charge in [0.15, 0.2) is 0 Å². The number of likely N-dealkylation sites (tertiary alicyclic amines) is 1. The molecule has 0 aromatic rings. The lowest BCUT2D eigenvalue weighted by molar-refractivity contribution is -0.180. The highest BCUT2D eigenvalue weighted by Crippen LogP contribution is 2.34. The van der Waals surface area contributed by atoms with Crippen molar-refractivity contribution in [2.75, 3.05) is 18.2 Å². The van der Waals surface area contributed by atoms with Gasteiger partial charge in [0.1, 0.15) is 5.60 Å². The van der Waals surface area contributed by atoms with E-state index in [0.717, 1.165) is 0 Å². The minimum atomic E-state index is -1.90. The van der Waals surface area contributed by atoms with E-state index in [1.807, 2.05) is 0 Å². The molecule has 0 saturated carbocycles. The molecule has 0 bridgehead atoms. The number of ether oxygens (including phenoxy) is 1. The largest absolute Gasteiger partial charge is 0.479 e. The molecular formula is C14H22N2O5S. The van der Waals surface area contributed by atoms with Crippen molar-refractivity contribution in [3.8, 4) is 0 Å². The first kappa shape index (κ1) is 17.1. The van der Waals surface area contributed by atoms with E-state index in [1.54, 1.807) is 32.5 Å². The molecule has 0 radical (unpaired) electrons. The van der Waals surface area contributed by atoms with E-state index < -0.39 is 29.1 Å². The number of carboxylic acids is 1. The molecule has 0 aromatic carbocycles. The minimum absolute atomic E-state index is 0.0862. The minimum Gasteiger partial charge on any atom is -0.479 e. The van der Waals surface area contributed by atoms with Gasteiger partial charge in [-0.05, 0) is 33.6 Å². The molecular weight excluding hydrogens is 308 g/mol. The van der Waals surface area contributed by atoms with E-state index in [2.05, 4.69) is 5.32 Å². The summed E-state index contributed by atoms with van der Waals surface area (Å²) in [4.78, 5) is 38.2. The first-order valence-corrected chi connectivity index (χ1v) is 8.43. The van der Waals surface area contributed by atoms with E-state index in [-0.39, 0.29) is 18.9 Å². The summed E-state index contributed by atoms with van der Waals surface area (Å²) >= 11 is 1.57. The summed E-state index contributed by atoms with van der Waals surface area (Å²) in [6, 6.07) is -0.440. The zero-order valence-corrected chi connectivity index (χ0v) is 13.9. The van der Waals surface area contributed by atoms with Crippen LogP contribution in [0.4, 0.5) is 0 Å². The molecule has 0 aliphatic carbocycles. The second-order valence-corrected chi connectivity index (χ2v) is 7.56. The lowest BCUT2D eigenvalue weighted by Gasteiger charge is -2.36. The molecule has 2 rings (SSSR count). The molecule has 124 valence electrons. The molecule has 8 heteroatoms. The van der Waals surface area contributed by atoms with Gasteiger partial charge in [0.05, 0.1) is 6.04 Å². The van der Waals surface area contributed by atoms with Crippen molar-refractivity contribution in [3.63, 3.8) is 0 Å². The van der Waals surface area contributed by atoms with E-state index >= 15 is 0 Å². The van der Waals surface area contributed by atoms with Crippen LogP contribution in [0, 0.1) is 0 Å². The van der Waals surface area contributed by atoms with Gasteiger partial charge in [-0.1, -0.05) is 0 Å². The molecule has 2 N–H and O–H groups in total. The van der Waals surface area contributed by atoms with Crippen molar-refractivity contribution >= 4 is 29.6 Å². The molecule has 2 saturated heterocycles. The van der Waals surface area contributed by atoms with Crippen molar-refractivity contribution in [1.82, 2.24) is 10.2 Å². The summed E-state index contributed by atoms with van der Waals surface area (Å²) in [5.74, 6) is -1.28. The molecule has 2 aliphatic heterocycles. The highest BCUT2D eigenvalue weighted by atomic mass is 32.2. The zero-order chi connectivity index (χ0) is 16.5. The highest BCUT2D eigenvalue weighted by molar-refractivity contribution is 7.99.